The molecule has 1 aromatic carbocycles. The number of phenolic OH excluding ortho intramolecular Hbond substituents is 1. The lowest BCUT2D eigenvalue weighted by atomic mass is 10.0. The van der Waals surface area contributed by atoms with Crippen molar-refractivity contribution in [2.75, 3.05) is 0 Å². The van der Waals surface area contributed by atoms with Gasteiger partial charge in [-0.25, -0.2) is 0 Å². The minimum Gasteiger partial charge on any atom is -0.507 e. The maximum absolute atomic E-state index is 11.3. The number of aromatic hydroxyl groups is 1. The maximum Gasteiger partial charge on any atom is 0.322 e. The van der Waals surface area contributed by atoms with E-state index in [9.17, 15) is 15.0 Å². The zero-order chi connectivity index (χ0) is 14.9. The molecule has 0 spiro atoms. The molecule has 0 aliphatic carbocycles. The molecule has 1 aliphatic heterocycles. The second-order valence-corrected chi connectivity index (χ2v) is 7.40. The van der Waals surface area contributed by atoms with Crippen molar-refractivity contribution in [3.05, 3.63) is 29.3 Å². The number of rotatable bonds is 4. The van der Waals surface area contributed by atoms with Crippen molar-refractivity contribution in [3.8, 4) is 5.75 Å². The molecule has 1 saturated heterocycles. The summed E-state index contributed by atoms with van der Waals surface area (Å²) >= 11 is 1.55. The number of nitrogens with one attached hydrogen (secondary N) is 1. The Morgan fingerprint density at radius 2 is 2.15 bits per heavy atom. The summed E-state index contributed by atoms with van der Waals surface area (Å²) < 4.78 is -0.413. The summed E-state index contributed by atoms with van der Waals surface area (Å²) in [5.41, 5.74) is 1.70. The third kappa shape index (κ3) is 2.79. The fourth-order valence-electron chi connectivity index (χ4n) is 2.57. The number of carboxylic acid groups (broad SMARTS) is 1. The van der Waals surface area contributed by atoms with Crippen LogP contribution in [0.2, 0.25) is 0 Å². The number of carboxylic acids is 1. The summed E-state index contributed by atoms with van der Waals surface area (Å²) in [6, 6.07) is 5.08. The fourth-order valence-corrected chi connectivity index (χ4v) is 4.01. The monoisotopic (exact) mass is 295 g/mol. The smallest absolute Gasteiger partial charge is 0.322 e. The van der Waals surface area contributed by atoms with Crippen molar-refractivity contribution < 1.29 is 15.0 Å². The van der Waals surface area contributed by atoms with Gasteiger partial charge in [0, 0.05) is 10.3 Å². The average molecular weight is 295 g/mol. The Bertz CT molecular complexity index is 516. The molecule has 2 rings (SSSR count). The molecular formula is C15H21NO3S. The number of benzene rings is 1. The van der Waals surface area contributed by atoms with Crippen LogP contribution in [0, 0.1) is 0 Å². The molecule has 1 aliphatic rings. The van der Waals surface area contributed by atoms with Gasteiger partial charge in [-0.1, -0.05) is 31.5 Å². The van der Waals surface area contributed by atoms with Gasteiger partial charge in [-0.05, 0) is 25.8 Å². The van der Waals surface area contributed by atoms with Gasteiger partial charge in [0.1, 0.15) is 11.8 Å². The molecule has 5 heteroatoms. The molecule has 4 nitrogen and oxygen atoms in total. The van der Waals surface area contributed by atoms with E-state index in [2.05, 4.69) is 12.2 Å². The summed E-state index contributed by atoms with van der Waals surface area (Å²) in [6.07, 6.45) is 1.79. The summed E-state index contributed by atoms with van der Waals surface area (Å²) in [6.45, 7) is 5.89. The number of phenols is 1. The second kappa shape index (κ2) is 5.66. The molecule has 0 amide bonds. The van der Waals surface area contributed by atoms with Crippen LogP contribution in [0.15, 0.2) is 18.2 Å². The van der Waals surface area contributed by atoms with Crippen LogP contribution in [-0.2, 0) is 11.2 Å². The first-order chi connectivity index (χ1) is 9.36. The van der Waals surface area contributed by atoms with Gasteiger partial charge < -0.3 is 10.2 Å². The Labute approximate surface area is 123 Å². The van der Waals surface area contributed by atoms with Gasteiger partial charge in [0.2, 0.25) is 0 Å². The van der Waals surface area contributed by atoms with Crippen molar-refractivity contribution in [1.29, 1.82) is 0 Å². The van der Waals surface area contributed by atoms with E-state index in [4.69, 9.17) is 0 Å². The van der Waals surface area contributed by atoms with Gasteiger partial charge >= 0.3 is 5.97 Å². The van der Waals surface area contributed by atoms with Crippen LogP contribution in [0.4, 0.5) is 0 Å². The van der Waals surface area contributed by atoms with E-state index in [1.807, 2.05) is 32.0 Å². The molecule has 110 valence electrons. The third-order valence-corrected chi connectivity index (χ3v) is 5.10. The summed E-state index contributed by atoms with van der Waals surface area (Å²) in [4.78, 5) is 11.3. The first-order valence-corrected chi connectivity index (χ1v) is 7.72. The predicted octanol–water partition coefficient (Wildman–Crippen LogP) is 2.91. The van der Waals surface area contributed by atoms with Crippen LogP contribution in [0.3, 0.4) is 0 Å². The van der Waals surface area contributed by atoms with Gasteiger partial charge in [0.15, 0.2) is 0 Å². The number of aryl methyl sites for hydroxylation is 1. The van der Waals surface area contributed by atoms with Crippen LogP contribution in [-0.4, -0.2) is 27.0 Å². The Morgan fingerprint density at radius 3 is 2.70 bits per heavy atom. The van der Waals surface area contributed by atoms with Gasteiger partial charge in [-0.2, -0.15) is 0 Å². The van der Waals surface area contributed by atoms with Crippen molar-refractivity contribution in [3.63, 3.8) is 0 Å². The van der Waals surface area contributed by atoms with E-state index in [-0.39, 0.29) is 5.37 Å². The van der Waals surface area contributed by atoms with E-state index in [0.29, 0.717) is 5.75 Å². The highest BCUT2D eigenvalue weighted by molar-refractivity contribution is 8.01. The van der Waals surface area contributed by atoms with Crippen molar-refractivity contribution >= 4 is 17.7 Å². The standard InChI is InChI=1S/C15H21NO3S/c1-4-6-9-7-5-8-10(11(9)17)13-16-12(14(18)19)15(2,3)20-13/h5,7-8,12-13,16-17H,4,6H2,1-3H3,(H,18,19). The van der Waals surface area contributed by atoms with Crippen LogP contribution >= 0.6 is 11.8 Å². The predicted molar refractivity (Wildman–Crippen MR) is 81.1 cm³/mol. The van der Waals surface area contributed by atoms with E-state index >= 15 is 0 Å². The SMILES string of the molecule is CCCc1cccc(C2NC(C(=O)O)C(C)(C)S2)c1O. The van der Waals surface area contributed by atoms with Gasteiger partial charge in [0.25, 0.3) is 0 Å². The van der Waals surface area contributed by atoms with E-state index in [1.165, 1.54) is 0 Å². The van der Waals surface area contributed by atoms with Gasteiger partial charge in [-0.3, -0.25) is 10.1 Å². The molecule has 2 atom stereocenters. The highest BCUT2D eigenvalue weighted by Gasteiger charge is 2.46. The van der Waals surface area contributed by atoms with E-state index in [1.54, 1.807) is 11.8 Å². The average Bonchev–Trinajstić information content (AvgIpc) is 2.68. The number of hydrogen-bond donors (Lipinski definition) is 3. The van der Waals surface area contributed by atoms with Crippen molar-refractivity contribution in [1.82, 2.24) is 5.32 Å². The molecule has 0 bridgehead atoms. The summed E-state index contributed by atoms with van der Waals surface area (Å²) in [5.74, 6) is -0.560. The Morgan fingerprint density at radius 1 is 1.45 bits per heavy atom. The molecule has 0 aromatic heterocycles. The molecule has 3 N–H and O–H groups in total. The molecular weight excluding hydrogens is 274 g/mol. The molecule has 1 aromatic rings. The largest absolute Gasteiger partial charge is 0.507 e. The van der Waals surface area contributed by atoms with Crippen LogP contribution in [0.25, 0.3) is 0 Å². The topological polar surface area (TPSA) is 69.6 Å². The van der Waals surface area contributed by atoms with E-state index < -0.39 is 16.8 Å². The first-order valence-electron chi connectivity index (χ1n) is 6.84. The summed E-state index contributed by atoms with van der Waals surface area (Å²) in [7, 11) is 0. The summed E-state index contributed by atoms with van der Waals surface area (Å²) in [5, 5.41) is 22.6. The molecule has 1 heterocycles. The first kappa shape index (κ1) is 15.2. The zero-order valence-electron chi connectivity index (χ0n) is 12.0. The van der Waals surface area contributed by atoms with Crippen LogP contribution in [0.5, 0.6) is 5.75 Å². The third-order valence-electron chi connectivity index (χ3n) is 3.63. The van der Waals surface area contributed by atoms with Crippen LogP contribution in [0.1, 0.15) is 43.7 Å². The Kier molecular flexibility index (Phi) is 4.30. The van der Waals surface area contributed by atoms with Gasteiger partial charge in [-0.15, -0.1) is 11.8 Å². The van der Waals surface area contributed by atoms with Crippen molar-refractivity contribution in [2.45, 2.75) is 49.8 Å². The Hall–Kier alpha value is -1.20. The lowest BCUT2D eigenvalue weighted by molar-refractivity contribution is -0.139. The number of para-hydroxylation sites is 1. The quantitative estimate of drug-likeness (QED) is 0.797. The molecule has 1 fully saturated rings. The van der Waals surface area contributed by atoms with E-state index in [0.717, 1.165) is 24.0 Å². The van der Waals surface area contributed by atoms with Gasteiger partial charge in [0.05, 0.1) is 5.37 Å². The number of thioether (sulfide) groups is 1. The number of aliphatic carboxylic acids is 1. The number of carbonyl (C=O) groups is 1. The Balaban J connectivity index is 2.30. The molecule has 20 heavy (non-hydrogen) atoms. The second-order valence-electron chi connectivity index (χ2n) is 5.64. The molecule has 0 radical (unpaired) electrons. The zero-order valence-corrected chi connectivity index (χ0v) is 12.8. The fraction of sp³-hybridized carbons (Fsp3) is 0.533. The van der Waals surface area contributed by atoms with Crippen LogP contribution < -0.4 is 5.32 Å². The number of hydrogen-bond acceptors (Lipinski definition) is 4. The maximum atomic E-state index is 11.3. The lowest BCUT2D eigenvalue weighted by Crippen LogP contribution is -2.43. The lowest BCUT2D eigenvalue weighted by Gasteiger charge is -2.20. The minimum absolute atomic E-state index is 0.192. The molecule has 0 saturated carbocycles. The molecule has 2 unspecified atom stereocenters. The van der Waals surface area contributed by atoms with Crippen molar-refractivity contribution in [2.24, 2.45) is 0 Å². The normalized spacial score (nSPS) is 24.8. The minimum atomic E-state index is -0.853. The highest BCUT2D eigenvalue weighted by Crippen LogP contribution is 2.48. The highest BCUT2D eigenvalue weighted by atomic mass is 32.2.